The van der Waals surface area contributed by atoms with E-state index < -0.39 is 0 Å². The third-order valence-electron chi connectivity index (χ3n) is 4.13. The van der Waals surface area contributed by atoms with Gasteiger partial charge in [-0.05, 0) is 37.6 Å². The van der Waals surface area contributed by atoms with E-state index >= 15 is 0 Å². The van der Waals surface area contributed by atoms with Gasteiger partial charge >= 0.3 is 0 Å². The number of aromatic nitrogens is 2. The van der Waals surface area contributed by atoms with Crippen LogP contribution in [0.1, 0.15) is 39.3 Å². The van der Waals surface area contributed by atoms with Crippen LogP contribution >= 0.6 is 0 Å². The Morgan fingerprint density at radius 1 is 1.28 bits per heavy atom. The van der Waals surface area contributed by atoms with Crippen LogP contribution in [0.4, 0.5) is 0 Å². The number of imidazole rings is 1. The number of hydrogen-bond donors (Lipinski definition) is 1. The molecular weight excluding hydrogens is 318 g/mol. The van der Waals surface area contributed by atoms with Gasteiger partial charge in [-0.1, -0.05) is 12.1 Å². The van der Waals surface area contributed by atoms with Crippen molar-refractivity contribution in [2.24, 2.45) is 7.05 Å². The van der Waals surface area contributed by atoms with Crippen molar-refractivity contribution >= 4 is 5.91 Å². The largest absolute Gasteiger partial charge is 0.497 e. The highest BCUT2D eigenvalue weighted by atomic mass is 16.5. The first kappa shape index (κ1) is 16.8. The maximum atomic E-state index is 12.8. The molecule has 2 aromatic heterocycles. The normalized spacial score (nSPS) is 12.0. The molecule has 0 bridgehead atoms. The van der Waals surface area contributed by atoms with E-state index in [9.17, 15) is 4.79 Å². The van der Waals surface area contributed by atoms with Gasteiger partial charge in [0.15, 0.2) is 0 Å². The van der Waals surface area contributed by atoms with E-state index in [1.165, 1.54) is 0 Å². The standard InChI is InChI=1S/C19H21N3O3/c1-12-11-16(13(2)25-12)19(23)21-17(18-20-9-10-22(18)3)14-5-7-15(24-4)8-6-14/h5-11,17H,1-4H3,(H,21,23). The molecule has 0 fully saturated rings. The Labute approximate surface area is 146 Å². The van der Waals surface area contributed by atoms with Gasteiger partial charge in [-0.3, -0.25) is 4.79 Å². The van der Waals surface area contributed by atoms with Gasteiger partial charge < -0.3 is 19.0 Å². The number of carbonyl (C=O) groups excluding carboxylic acids is 1. The SMILES string of the molecule is COc1ccc(C(NC(=O)c2cc(C)oc2C)c2nccn2C)cc1. The van der Waals surface area contributed by atoms with Crippen molar-refractivity contribution in [3.8, 4) is 5.75 Å². The van der Waals surface area contributed by atoms with Gasteiger partial charge in [0.2, 0.25) is 0 Å². The lowest BCUT2D eigenvalue weighted by Crippen LogP contribution is -2.31. The van der Waals surface area contributed by atoms with Crippen LogP contribution in [0.3, 0.4) is 0 Å². The Kier molecular flexibility index (Phi) is 4.61. The molecule has 1 amide bonds. The first-order valence-corrected chi connectivity index (χ1v) is 7.98. The van der Waals surface area contributed by atoms with E-state index in [-0.39, 0.29) is 11.9 Å². The maximum Gasteiger partial charge on any atom is 0.255 e. The molecule has 6 heteroatoms. The molecule has 2 heterocycles. The Balaban J connectivity index is 1.95. The summed E-state index contributed by atoms with van der Waals surface area (Å²) in [5.74, 6) is 2.62. The zero-order valence-electron chi connectivity index (χ0n) is 14.7. The second-order valence-electron chi connectivity index (χ2n) is 5.90. The molecule has 1 atom stereocenters. The van der Waals surface area contributed by atoms with E-state index in [1.807, 2.05) is 49.0 Å². The average molecular weight is 339 g/mol. The molecule has 0 saturated carbocycles. The smallest absolute Gasteiger partial charge is 0.255 e. The third kappa shape index (κ3) is 3.42. The molecule has 0 aliphatic heterocycles. The quantitative estimate of drug-likeness (QED) is 0.775. The fourth-order valence-corrected chi connectivity index (χ4v) is 2.81. The fraction of sp³-hybridized carbons (Fsp3) is 0.263. The van der Waals surface area contributed by atoms with Gasteiger partial charge in [-0.15, -0.1) is 0 Å². The number of benzene rings is 1. The summed E-state index contributed by atoms with van der Waals surface area (Å²) in [6, 6.07) is 8.94. The topological polar surface area (TPSA) is 69.3 Å². The summed E-state index contributed by atoms with van der Waals surface area (Å²) in [5, 5.41) is 3.06. The van der Waals surface area contributed by atoms with Crippen molar-refractivity contribution < 1.29 is 13.9 Å². The molecule has 1 unspecified atom stereocenters. The molecule has 1 aromatic carbocycles. The van der Waals surface area contributed by atoms with Crippen LogP contribution < -0.4 is 10.1 Å². The zero-order valence-corrected chi connectivity index (χ0v) is 14.7. The Morgan fingerprint density at radius 3 is 2.52 bits per heavy atom. The second-order valence-corrected chi connectivity index (χ2v) is 5.90. The van der Waals surface area contributed by atoms with Gasteiger partial charge in [0, 0.05) is 19.4 Å². The van der Waals surface area contributed by atoms with E-state index in [0.29, 0.717) is 17.1 Å². The average Bonchev–Trinajstić information content (AvgIpc) is 3.17. The summed E-state index contributed by atoms with van der Waals surface area (Å²) in [6.45, 7) is 3.61. The van der Waals surface area contributed by atoms with Crippen molar-refractivity contribution in [3.05, 3.63) is 71.2 Å². The predicted molar refractivity (Wildman–Crippen MR) is 93.7 cm³/mol. The van der Waals surface area contributed by atoms with Crippen molar-refractivity contribution in [1.29, 1.82) is 0 Å². The lowest BCUT2D eigenvalue weighted by Gasteiger charge is -2.19. The van der Waals surface area contributed by atoms with Crippen molar-refractivity contribution in [1.82, 2.24) is 14.9 Å². The van der Waals surface area contributed by atoms with Crippen LogP contribution in [-0.4, -0.2) is 22.6 Å². The number of nitrogens with one attached hydrogen (secondary N) is 1. The third-order valence-corrected chi connectivity index (χ3v) is 4.13. The molecule has 0 aliphatic rings. The van der Waals surface area contributed by atoms with Crippen LogP contribution in [0.15, 0.2) is 47.1 Å². The first-order valence-electron chi connectivity index (χ1n) is 7.98. The summed E-state index contributed by atoms with van der Waals surface area (Å²) < 4.78 is 12.6. The summed E-state index contributed by atoms with van der Waals surface area (Å²) in [5.41, 5.74) is 1.45. The highest BCUT2D eigenvalue weighted by Crippen LogP contribution is 2.24. The molecule has 0 saturated heterocycles. The van der Waals surface area contributed by atoms with E-state index in [1.54, 1.807) is 26.3 Å². The first-order chi connectivity index (χ1) is 12.0. The molecule has 3 rings (SSSR count). The zero-order chi connectivity index (χ0) is 18.0. The molecule has 3 aromatic rings. The number of aryl methyl sites for hydroxylation is 3. The minimum atomic E-state index is -0.381. The molecule has 0 aliphatic carbocycles. The number of methoxy groups -OCH3 is 1. The summed E-state index contributed by atoms with van der Waals surface area (Å²) in [4.78, 5) is 17.2. The molecule has 0 radical (unpaired) electrons. The summed E-state index contributed by atoms with van der Waals surface area (Å²) >= 11 is 0. The van der Waals surface area contributed by atoms with E-state index in [4.69, 9.17) is 9.15 Å². The lowest BCUT2D eigenvalue weighted by molar-refractivity contribution is 0.0939. The Morgan fingerprint density at radius 2 is 2.00 bits per heavy atom. The summed E-state index contributed by atoms with van der Waals surface area (Å²) in [6.07, 6.45) is 3.57. The number of ether oxygens (including phenoxy) is 1. The van der Waals surface area contributed by atoms with E-state index in [2.05, 4.69) is 10.3 Å². The second kappa shape index (κ2) is 6.84. The molecule has 25 heavy (non-hydrogen) atoms. The number of carbonyl (C=O) groups is 1. The van der Waals surface area contributed by atoms with Crippen LogP contribution in [0.5, 0.6) is 5.75 Å². The lowest BCUT2D eigenvalue weighted by atomic mass is 10.0. The van der Waals surface area contributed by atoms with Crippen molar-refractivity contribution in [3.63, 3.8) is 0 Å². The number of furan rings is 1. The summed E-state index contributed by atoms with van der Waals surface area (Å²) in [7, 11) is 3.52. The van der Waals surface area contributed by atoms with Gasteiger partial charge in [-0.2, -0.15) is 0 Å². The molecular formula is C19H21N3O3. The minimum absolute atomic E-state index is 0.196. The van der Waals surface area contributed by atoms with Gasteiger partial charge in [0.1, 0.15) is 29.1 Å². The van der Waals surface area contributed by atoms with Gasteiger partial charge in [-0.25, -0.2) is 4.98 Å². The van der Waals surface area contributed by atoms with Crippen molar-refractivity contribution in [2.75, 3.05) is 7.11 Å². The van der Waals surface area contributed by atoms with Crippen LogP contribution in [0.2, 0.25) is 0 Å². The molecule has 0 spiro atoms. The number of hydrogen-bond acceptors (Lipinski definition) is 4. The van der Waals surface area contributed by atoms with Crippen LogP contribution in [0.25, 0.3) is 0 Å². The highest BCUT2D eigenvalue weighted by Gasteiger charge is 2.23. The van der Waals surface area contributed by atoms with Crippen molar-refractivity contribution in [2.45, 2.75) is 19.9 Å². The predicted octanol–water partition coefficient (Wildman–Crippen LogP) is 3.16. The van der Waals surface area contributed by atoms with Crippen LogP contribution in [0, 0.1) is 13.8 Å². The number of nitrogens with zero attached hydrogens (tertiary/aromatic N) is 2. The minimum Gasteiger partial charge on any atom is -0.497 e. The fourth-order valence-electron chi connectivity index (χ4n) is 2.81. The molecule has 1 N–H and O–H groups in total. The Hall–Kier alpha value is -3.02. The van der Waals surface area contributed by atoms with E-state index in [0.717, 1.165) is 17.1 Å². The van der Waals surface area contributed by atoms with Gasteiger partial charge in [0.05, 0.1) is 12.7 Å². The monoisotopic (exact) mass is 339 g/mol. The van der Waals surface area contributed by atoms with Crippen LogP contribution in [-0.2, 0) is 7.05 Å². The molecule has 130 valence electrons. The number of amides is 1. The number of rotatable bonds is 5. The van der Waals surface area contributed by atoms with Gasteiger partial charge in [0.25, 0.3) is 5.91 Å². The maximum absolute atomic E-state index is 12.8. The Bertz CT molecular complexity index is 878. The highest BCUT2D eigenvalue weighted by molar-refractivity contribution is 5.95. The molecule has 6 nitrogen and oxygen atoms in total.